The molecule has 1 saturated heterocycles. The lowest BCUT2D eigenvalue weighted by Crippen LogP contribution is -2.37. The molecule has 0 aliphatic carbocycles. The van der Waals surface area contributed by atoms with Crippen LogP contribution in [0.15, 0.2) is 18.2 Å². The zero-order valence-electron chi connectivity index (χ0n) is 11.1. The van der Waals surface area contributed by atoms with Crippen molar-refractivity contribution in [3.05, 3.63) is 23.8 Å². The summed E-state index contributed by atoms with van der Waals surface area (Å²) in [4.78, 5) is 0. The first kappa shape index (κ1) is 12.8. The smallest absolute Gasteiger partial charge is 0.159 e. The maximum atomic E-state index is 12.0. The molecule has 2 aliphatic heterocycles. The lowest BCUT2D eigenvalue weighted by atomic mass is 10.1. The third kappa shape index (κ3) is 2.10. The van der Waals surface area contributed by atoms with E-state index in [1.54, 1.807) is 6.92 Å². The summed E-state index contributed by atoms with van der Waals surface area (Å²) in [5, 5.41) is 3.30. The van der Waals surface area contributed by atoms with Crippen LogP contribution in [0.1, 0.15) is 25.3 Å². The maximum Gasteiger partial charge on any atom is 0.159 e. The van der Waals surface area contributed by atoms with E-state index in [1.807, 2.05) is 18.2 Å². The van der Waals surface area contributed by atoms with E-state index < -0.39 is 14.6 Å². The lowest BCUT2D eigenvalue weighted by molar-refractivity contribution is 0.268. The highest BCUT2D eigenvalue weighted by atomic mass is 32.2. The molecule has 1 aromatic carbocycles. The van der Waals surface area contributed by atoms with E-state index in [2.05, 4.69) is 5.32 Å². The molecular weight excluding hydrogens is 262 g/mol. The van der Waals surface area contributed by atoms with Crippen molar-refractivity contribution < 1.29 is 13.2 Å². The van der Waals surface area contributed by atoms with E-state index in [4.69, 9.17) is 4.74 Å². The zero-order valence-corrected chi connectivity index (χ0v) is 11.9. The molecule has 3 rings (SSSR count). The van der Waals surface area contributed by atoms with E-state index in [0.29, 0.717) is 12.2 Å². The van der Waals surface area contributed by atoms with Crippen LogP contribution in [0.3, 0.4) is 0 Å². The highest BCUT2D eigenvalue weighted by molar-refractivity contribution is 7.93. The number of hydrogen-bond acceptors (Lipinski definition) is 4. The van der Waals surface area contributed by atoms with Crippen molar-refractivity contribution in [3.8, 4) is 5.75 Å². The normalized spacial score (nSPS) is 27.8. The van der Waals surface area contributed by atoms with Crippen LogP contribution in [-0.2, 0) is 16.3 Å². The van der Waals surface area contributed by atoms with Crippen LogP contribution in [0.25, 0.3) is 0 Å². The molecule has 1 N–H and O–H groups in total. The van der Waals surface area contributed by atoms with Crippen molar-refractivity contribution in [2.24, 2.45) is 0 Å². The van der Waals surface area contributed by atoms with Crippen molar-refractivity contribution in [2.75, 3.05) is 24.2 Å². The maximum absolute atomic E-state index is 12.0. The monoisotopic (exact) mass is 281 g/mol. The number of ether oxygens (including phenoxy) is 1. The first-order valence-corrected chi connectivity index (χ1v) is 8.38. The Balaban J connectivity index is 1.79. The largest absolute Gasteiger partial charge is 0.492 e. The molecule has 19 heavy (non-hydrogen) atoms. The topological polar surface area (TPSA) is 55.4 Å². The van der Waals surface area contributed by atoms with Gasteiger partial charge in [0.15, 0.2) is 9.84 Å². The van der Waals surface area contributed by atoms with Gasteiger partial charge in [0.25, 0.3) is 0 Å². The Bertz CT molecular complexity index is 597. The first-order valence-electron chi connectivity index (χ1n) is 6.73. The summed E-state index contributed by atoms with van der Waals surface area (Å²) in [6.07, 6.45) is 2.38. The summed E-state index contributed by atoms with van der Waals surface area (Å²) in [6, 6.07) is 5.90. The molecule has 0 bridgehead atoms. The van der Waals surface area contributed by atoms with Crippen molar-refractivity contribution >= 4 is 15.5 Å². The Morgan fingerprint density at radius 1 is 1.42 bits per heavy atom. The molecule has 104 valence electrons. The molecule has 0 radical (unpaired) electrons. The summed E-state index contributed by atoms with van der Waals surface area (Å²) < 4.78 is 29.2. The summed E-state index contributed by atoms with van der Waals surface area (Å²) in [7, 11) is -3.01. The second-order valence-electron chi connectivity index (χ2n) is 5.62. The van der Waals surface area contributed by atoms with Crippen LogP contribution in [0.2, 0.25) is 0 Å². The van der Waals surface area contributed by atoms with Gasteiger partial charge in [-0.2, -0.15) is 0 Å². The minimum absolute atomic E-state index is 0.256. The summed E-state index contributed by atoms with van der Waals surface area (Å²) in [5.41, 5.74) is 2.28. The predicted octanol–water partition coefficient (Wildman–Crippen LogP) is 2.00. The van der Waals surface area contributed by atoms with Gasteiger partial charge in [0.1, 0.15) is 17.1 Å². The molecule has 4 nitrogen and oxygen atoms in total. The van der Waals surface area contributed by atoms with Gasteiger partial charge in [0, 0.05) is 17.8 Å². The SMILES string of the molecule is CC1(COc2cccc3c2CCN3)CCCS1(=O)=O. The molecule has 0 saturated carbocycles. The van der Waals surface area contributed by atoms with Gasteiger partial charge in [-0.15, -0.1) is 0 Å². The quantitative estimate of drug-likeness (QED) is 0.920. The Hall–Kier alpha value is -1.23. The standard InChI is InChI=1S/C14H19NO3S/c1-14(7-3-9-19(14,16)17)10-18-13-5-2-4-12-11(13)6-8-15-12/h2,4-5,15H,3,6-10H2,1H3. The number of nitrogens with one attached hydrogen (secondary N) is 1. The van der Waals surface area contributed by atoms with Crippen LogP contribution in [-0.4, -0.2) is 32.1 Å². The molecule has 5 heteroatoms. The molecule has 0 spiro atoms. The fourth-order valence-corrected chi connectivity index (χ4v) is 4.59. The molecule has 2 aliphatic rings. The Kier molecular flexibility index (Phi) is 2.96. The molecule has 0 amide bonds. The molecule has 1 aromatic rings. The first-order chi connectivity index (χ1) is 9.02. The highest BCUT2D eigenvalue weighted by Gasteiger charge is 2.44. The predicted molar refractivity (Wildman–Crippen MR) is 75.6 cm³/mol. The molecule has 1 atom stereocenters. The summed E-state index contributed by atoms with van der Waals surface area (Å²) in [5.74, 6) is 1.12. The fourth-order valence-electron chi connectivity index (χ4n) is 2.88. The Labute approximate surface area is 114 Å². The average molecular weight is 281 g/mol. The average Bonchev–Trinajstić information content (AvgIpc) is 2.93. The highest BCUT2D eigenvalue weighted by Crippen LogP contribution is 2.35. The van der Waals surface area contributed by atoms with Gasteiger partial charge in [-0.25, -0.2) is 8.42 Å². The van der Waals surface area contributed by atoms with Crippen molar-refractivity contribution in [1.29, 1.82) is 0 Å². The lowest BCUT2D eigenvalue weighted by Gasteiger charge is -2.23. The van der Waals surface area contributed by atoms with E-state index in [1.165, 1.54) is 5.56 Å². The van der Waals surface area contributed by atoms with Crippen LogP contribution in [0.4, 0.5) is 5.69 Å². The van der Waals surface area contributed by atoms with Gasteiger partial charge in [0.05, 0.1) is 5.75 Å². The minimum Gasteiger partial charge on any atom is -0.492 e. The van der Waals surface area contributed by atoms with Gasteiger partial charge < -0.3 is 10.1 Å². The van der Waals surface area contributed by atoms with Crippen LogP contribution >= 0.6 is 0 Å². The third-order valence-corrected chi connectivity index (χ3v) is 6.88. The van der Waals surface area contributed by atoms with E-state index >= 15 is 0 Å². The second kappa shape index (κ2) is 4.40. The number of rotatable bonds is 3. The number of sulfone groups is 1. The number of hydrogen-bond donors (Lipinski definition) is 1. The Morgan fingerprint density at radius 3 is 3.00 bits per heavy atom. The van der Waals surface area contributed by atoms with Crippen LogP contribution < -0.4 is 10.1 Å². The fraction of sp³-hybridized carbons (Fsp3) is 0.571. The van der Waals surface area contributed by atoms with Gasteiger partial charge in [-0.1, -0.05) is 6.07 Å². The third-order valence-electron chi connectivity index (χ3n) is 4.23. The van der Waals surface area contributed by atoms with Crippen molar-refractivity contribution in [2.45, 2.75) is 30.9 Å². The molecule has 1 fully saturated rings. The molecule has 2 heterocycles. The van der Waals surface area contributed by atoms with Crippen LogP contribution in [0, 0.1) is 0 Å². The second-order valence-corrected chi connectivity index (χ2v) is 8.24. The van der Waals surface area contributed by atoms with E-state index in [-0.39, 0.29) is 6.61 Å². The van der Waals surface area contributed by atoms with Gasteiger partial charge in [-0.3, -0.25) is 0 Å². The van der Waals surface area contributed by atoms with E-state index in [0.717, 1.165) is 30.8 Å². The summed E-state index contributed by atoms with van der Waals surface area (Å²) in [6.45, 7) is 2.98. The van der Waals surface area contributed by atoms with E-state index in [9.17, 15) is 8.42 Å². The molecule has 1 unspecified atom stereocenters. The summed E-state index contributed by atoms with van der Waals surface area (Å²) >= 11 is 0. The molecule has 0 aromatic heterocycles. The van der Waals surface area contributed by atoms with Gasteiger partial charge in [-0.05, 0) is 38.3 Å². The zero-order chi connectivity index (χ0) is 13.5. The number of benzene rings is 1. The van der Waals surface area contributed by atoms with Crippen molar-refractivity contribution in [3.63, 3.8) is 0 Å². The number of fused-ring (bicyclic) bond motifs is 1. The van der Waals surface area contributed by atoms with Crippen molar-refractivity contribution in [1.82, 2.24) is 0 Å². The van der Waals surface area contributed by atoms with Crippen LogP contribution in [0.5, 0.6) is 5.75 Å². The van der Waals surface area contributed by atoms with Gasteiger partial charge in [0.2, 0.25) is 0 Å². The Morgan fingerprint density at radius 2 is 2.26 bits per heavy atom. The number of anilines is 1. The molecular formula is C14H19NO3S. The minimum atomic E-state index is -3.01. The van der Waals surface area contributed by atoms with Gasteiger partial charge >= 0.3 is 0 Å².